The smallest absolute Gasteiger partial charge is 0.426 e. The summed E-state index contributed by atoms with van der Waals surface area (Å²) in [5.74, 6) is -0.0968. The van der Waals surface area contributed by atoms with Gasteiger partial charge in [0.2, 0.25) is 0 Å². The molecule has 0 bridgehead atoms. The summed E-state index contributed by atoms with van der Waals surface area (Å²) in [5, 5.41) is 0. The third kappa shape index (κ3) is 12.6. The second-order valence-corrected chi connectivity index (χ2v) is 10.6. The minimum absolute atomic E-state index is 0.0265. The van der Waals surface area contributed by atoms with E-state index in [0.29, 0.717) is 23.6 Å². The van der Waals surface area contributed by atoms with Gasteiger partial charge in [-0.05, 0) is 85.0 Å². The summed E-state index contributed by atoms with van der Waals surface area (Å²) >= 11 is 0. The topological polar surface area (TPSA) is 96.8 Å². The van der Waals surface area contributed by atoms with E-state index >= 15 is 0 Å². The van der Waals surface area contributed by atoms with Crippen molar-refractivity contribution in [2.24, 2.45) is 0 Å². The molecule has 0 radical (unpaired) electrons. The number of aryl methyl sites for hydroxylation is 1. The van der Waals surface area contributed by atoms with Crippen molar-refractivity contribution in [3.8, 4) is 11.5 Å². The zero-order valence-corrected chi connectivity index (χ0v) is 25.1. The zero-order chi connectivity index (χ0) is 31.6. The van der Waals surface area contributed by atoms with E-state index in [1.807, 2.05) is 18.2 Å². The third-order valence-corrected chi connectivity index (χ3v) is 7.03. The molecule has 4 N–H and O–H groups in total. The first-order chi connectivity index (χ1) is 21.3. The van der Waals surface area contributed by atoms with E-state index in [9.17, 15) is 18.0 Å². The fraction of sp³-hybridized carbons (Fsp3) is 0.400. The number of carbonyl (C=O) groups is 1. The maximum Gasteiger partial charge on any atom is 0.426 e. The highest BCUT2D eigenvalue weighted by atomic mass is 19.3. The lowest BCUT2D eigenvalue weighted by Crippen LogP contribution is -2.21. The van der Waals surface area contributed by atoms with Crippen LogP contribution in [0.5, 0.6) is 11.5 Å². The number of alkyl halides is 3. The van der Waals surface area contributed by atoms with Crippen molar-refractivity contribution >= 4 is 23.4 Å². The summed E-state index contributed by atoms with van der Waals surface area (Å²) < 4.78 is 56.8. The second-order valence-electron chi connectivity index (χ2n) is 10.6. The van der Waals surface area contributed by atoms with E-state index in [0.717, 1.165) is 49.8 Å². The average Bonchev–Trinajstić information content (AvgIpc) is 3.00. The Balaban J connectivity index is 1.25. The molecule has 9 heteroatoms. The van der Waals surface area contributed by atoms with E-state index in [-0.39, 0.29) is 24.3 Å². The van der Waals surface area contributed by atoms with Crippen LogP contribution < -0.4 is 20.9 Å². The lowest BCUT2D eigenvalue weighted by molar-refractivity contribution is -0.185. The van der Waals surface area contributed by atoms with Gasteiger partial charge in [-0.15, -0.1) is 0 Å². The number of nitrogen functional groups attached to an aromatic ring is 2. The molecule has 238 valence electrons. The second kappa shape index (κ2) is 18.5. The van der Waals surface area contributed by atoms with Crippen molar-refractivity contribution in [1.82, 2.24) is 0 Å². The number of hydrogen-bond donors (Lipinski definition) is 2. The fourth-order valence-electron chi connectivity index (χ4n) is 4.55. The molecule has 0 aliphatic rings. The molecule has 0 fully saturated rings. The van der Waals surface area contributed by atoms with Crippen LogP contribution in [0.15, 0.2) is 72.8 Å². The normalized spacial score (nSPS) is 11.5. The molecule has 0 unspecified atom stereocenters. The standard InChI is InChI=1S/C35H43F3N2O4/c36-23-9-25-42-31-20-15-29(16-21-31)35(37,38)44-32-18-11-27(12-19-32)13-22-34(41)43-24-8-6-4-2-1-3-5-7-10-28-14-17-30(39)26-33(28)40/h11-22,26H,1-10,23-25,39-40H2/b22-13+. The molecule has 0 aliphatic heterocycles. The van der Waals surface area contributed by atoms with Gasteiger partial charge in [-0.25, -0.2) is 4.79 Å². The predicted molar refractivity (Wildman–Crippen MR) is 169 cm³/mol. The van der Waals surface area contributed by atoms with Crippen LogP contribution in [0.4, 0.5) is 24.5 Å². The molecule has 3 aromatic rings. The molecule has 0 saturated carbocycles. The monoisotopic (exact) mass is 612 g/mol. The Bertz CT molecular complexity index is 1300. The average molecular weight is 613 g/mol. The van der Waals surface area contributed by atoms with Gasteiger partial charge in [0.15, 0.2) is 0 Å². The molecule has 0 aliphatic carbocycles. The van der Waals surface area contributed by atoms with Gasteiger partial charge in [0.05, 0.1) is 25.5 Å². The molecule has 0 aromatic heterocycles. The van der Waals surface area contributed by atoms with E-state index in [4.69, 9.17) is 25.7 Å². The molecule has 3 rings (SSSR count). The Morgan fingerprint density at radius 2 is 1.39 bits per heavy atom. The van der Waals surface area contributed by atoms with Gasteiger partial charge in [0, 0.05) is 23.9 Å². The highest BCUT2D eigenvalue weighted by Crippen LogP contribution is 2.32. The van der Waals surface area contributed by atoms with Gasteiger partial charge in [0.1, 0.15) is 11.5 Å². The number of hydrogen-bond acceptors (Lipinski definition) is 6. The number of anilines is 2. The van der Waals surface area contributed by atoms with Crippen LogP contribution in [-0.4, -0.2) is 25.9 Å². The van der Waals surface area contributed by atoms with Crippen LogP contribution in [0, 0.1) is 0 Å². The lowest BCUT2D eigenvalue weighted by atomic mass is 10.0. The minimum Gasteiger partial charge on any atom is -0.494 e. The molecule has 0 heterocycles. The Morgan fingerprint density at radius 3 is 2.05 bits per heavy atom. The number of carbonyl (C=O) groups excluding carboxylic acids is 1. The Morgan fingerprint density at radius 1 is 0.750 bits per heavy atom. The van der Waals surface area contributed by atoms with Crippen molar-refractivity contribution < 1.29 is 32.2 Å². The molecule has 0 amide bonds. The summed E-state index contributed by atoms with van der Waals surface area (Å²) in [5.41, 5.74) is 14.7. The van der Waals surface area contributed by atoms with Crippen LogP contribution in [-0.2, 0) is 22.1 Å². The summed E-state index contributed by atoms with van der Waals surface area (Å²) in [6, 6.07) is 16.9. The SMILES string of the molecule is Nc1ccc(CCCCCCCCCCOC(=O)/C=C/c2ccc(OC(F)(F)c3ccc(OCCCF)cc3)cc2)c(N)c1. The van der Waals surface area contributed by atoms with E-state index < -0.39 is 18.8 Å². The molecule has 0 spiro atoms. The summed E-state index contributed by atoms with van der Waals surface area (Å²) in [6.45, 7) is 0.0293. The van der Waals surface area contributed by atoms with E-state index in [2.05, 4.69) is 0 Å². The number of halogens is 3. The van der Waals surface area contributed by atoms with Crippen LogP contribution in [0.2, 0.25) is 0 Å². The molecular formula is C35H43F3N2O4. The van der Waals surface area contributed by atoms with Crippen LogP contribution in [0.1, 0.15) is 74.5 Å². The van der Waals surface area contributed by atoms with Gasteiger partial charge < -0.3 is 25.7 Å². The molecular weight excluding hydrogens is 569 g/mol. The molecule has 3 aromatic carbocycles. The van der Waals surface area contributed by atoms with Gasteiger partial charge >= 0.3 is 12.1 Å². The first kappa shape index (κ1) is 34.4. The summed E-state index contributed by atoms with van der Waals surface area (Å²) in [6.07, 6.45) is 9.27. The molecule has 0 atom stereocenters. The number of benzene rings is 3. The first-order valence-corrected chi connectivity index (χ1v) is 15.2. The van der Waals surface area contributed by atoms with E-state index in [1.165, 1.54) is 61.7 Å². The number of nitrogens with two attached hydrogens (primary N) is 2. The largest absolute Gasteiger partial charge is 0.494 e. The molecule has 0 saturated heterocycles. The summed E-state index contributed by atoms with van der Waals surface area (Å²) in [7, 11) is 0. The van der Waals surface area contributed by atoms with Crippen molar-refractivity contribution in [1.29, 1.82) is 0 Å². The highest BCUT2D eigenvalue weighted by molar-refractivity contribution is 5.87. The van der Waals surface area contributed by atoms with E-state index in [1.54, 1.807) is 18.2 Å². The highest BCUT2D eigenvalue weighted by Gasteiger charge is 2.34. The number of unbranched alkanes of at least 4 members (excludes halogenated alkanes) is 7. The maximum atomic E-state index is 14.6. The minimum atomic E-state index is -3.56. The van der Waals surface area contributed by atoms with Gasteiger partial charge in [-0.3, -0.25) is 4.39 Å². The molecule has 6 nitrogen and oxygen atoms in total. The quantitative estimate of drug-likeness (QED) is 0.0574. The number of esters is 1. The third-order valence-electron chi connectivity index (χ3n) is 7.03. The van der Waals surface area contributed by atoms with Gasteiger partial charge in [0.25, 0.3) is 0 Å². The lowest BCUT2D eigenvalue weighted by Gasteiger charge is -2.18. The van der Waals surface area contributed by atoms with Crippen molar-refractivity contribution in [3.05, 3.63) is 89.5 Å². The Hall–Kier alpha value is -4.14. The predicted octanol–water partition coefficient (Wildman–Crippen LogP) is 8.64. The van der Waals surface area contributed by atoms with Crippen LogP contribution in [0.25, 0.3) is 6.08 Å². The zero-order valence-electron chi connectivity index (χ0n) is 25.1. The Kier molecular flexibility index (Phi) is 14.4. The van der Waals surface area contributed by atoms with Crippen molar-refractivity contribution in [3.63, 3.8) is 0 Å². The fourth-order valence-corrected chi connectivity index (χ4v) is 4.55. The Labute approximate surface area is 258 Å². The van der Waals surface area contributed by atoms with Crippen molar-refractivity contribution in [2.45, 2.75) is 70.3 Å². The first-order valence-electron chi connectivity index (χ1n) is 15.2. The van der Waals surface area contributed by atoms with Crippen molar-refractivity contribution in [2.75, 3.05) is 31.4 Å². The van der Waals surface area contributed by atoms with Gasteiger partial charge in [-0.1, -0.05) is 56.7 Å². The van der Waals surface area contributed by atoms with Crippen LogP contribution >= 0.6 is 0 Å². The maximum absolute atomic E-state index is 14.6. The number of rotatable bonds is 20. The number of ether oxygens (including phenoxy) is 3. The summed E-state index contributed by atoms with van der Waals surface area (Å²) in [4.78, 5) is 12.0. The molecule has 44 heavy (non-hydrogen) atoms. The van der Waals surface area contributed by atoms with Crippen LogP contribution in [0.3, 0.4) is 0 Å². The van der Waals surface area contributed by atoms with Gasteiger partial charge in [-0.2, -0.15) is 8.78 Å².